The molecule has 0 saturated heterocycles. The molecule has 0 N–H and O–H groups in total. The molecular formula is C16H19N3O. The molecule has 20 heavy (non-hydrogen) atoms. The van der Waals surface area contributed by atoms with Crippen molar-refractivity contribution in [2.24, 2.45) is 0 Å². The summed E-state index contributed by atoms with van der Waals surface area (Å²) in [5.74, 6) is 0.601. The number of nitriles is 2. The third-order valence-corrected chi connectivity index (χ3v) is 3.88. The fraction of sp³-hybridized carbons (Fsp3) is 0.500. The summed E-state index contributed by atoms with van der Waals surface area (Å²) >= 11 is 0. The Hall–Kier alpha value is -2.04. The van der Waals surface area contributed by atoms with Crippen LogP contribution in [0.15, 0.2) is 18.2 Å². The molecule has 1 fully saturated rings. The van der Waals surface area contributed by atoms with Gasteiger partial charge in [0.05, 0.1) is 25.3 Å². The summed E-state index contributed by atoms with van der Waals surface area (Å²) in [6, 6.07) is 10.6. The second-order valence-electron chi connectivity index (χ2n) is 5.15. The van der Waals surface area contributed by atoms with Crippen molar-refractivity contribution in [2.45, 2.75) is 38.3 Å². The molecule has 104 valence electrons. The van der Waals surface area contributed by atoms with E-state index in [0.29, 0.717) is 23.9 Å². The van der Waals surface area contributed by atoms with E-state index in [4.69, 9.17) is 15.3 Å². The van der Waals surface area contributed by atoms with Crippen molar-refractivity contribution in [1.82, 2.24) is 4.90 Å². The Morgan fingerprint density at radius 1 is 1.30 bits per heavy atom. The predicted molar refractivity (Wildman–Crippen MR) is 76.0 cm³/mol. The van der Waals surface area contributed by atoms with Gasteiger partial charge in [0, 0.05) is 12.6 Å². The van der Waals surface area contributed by atoms with Crippen molar-refractivity contribution in [1.29, 1.82) is 10.5 Å². The van der Waals surface area contributed by atoms with Gasteiger partial charge in [0.25, 0.3) is 0 Å². The number of nitrogens with zero attached hydrogens (tertiary/aromatic N) is 3. The zero-order chi connectivity index (χ0) is 14.4. The third kappa shape index (κ3) is 3.29. The molecule has 2 rings (SSSR count). The van der Waals surface area contributed by atoms with Crippen LogP contribution < -0.4 is 4.74 Å². The van der Waals surface area contributed by atoms with Gasteiger partial charge in [0.1, 0.15) is 11.8 Å². The summed E-state index contributed by atoms with van der Waals surface area (Å²) in [6.07, 6.45) is 4.84. The minimum absolute atomic E-state index is 0.443. The van der Waals surface area contributed by atoms with Crippen LogP contribution in [0.4, 0.5) is 0 Å². The first-order chi connectivity index (χ1) is 9.78. The Morgan fingerprint density at radius 3 is 2.65 bits per heavy atom. The van der Waals surface area contributed by atoms with Crippen molar-refractivity contribution in [3.8, 4) is 17.9 Å². The van der Waals surface area contributed by atoms with Crippen LogP contribution in [0.1, 0.15) is 36.8 Å². The quantitative estimate of drug-likeness (QED) is 0.771. The maximum Gasteiger partial charge on any atom is 0.136 e. The smallest absolute Gasteiger partial charge is 0.136 e. The highest BCUT2D eigenvalue weighted by Gasteiger charge is 2.22. The number of hydrogen-bond donors (Lipinski definition) is 0. The van der Waals surface area contributed by atoms with Gasteiger partial charge >= 0.3 is 0 Å². The molecule has 0 bridgehead atoms. The lowest BCUT2D eigenvalue weighted by Crippen LogP contribution is -2.33. The maximum atomic E-state index is 9.13. The minimum atomic E-state index is 0.443. The lowest BCUT2D eigenvalue weighted by molar-refractivity contribution is 0.214. The molecule has 1 saturated carbocycles. The van der Waals surface area contributed by atoms with Crippen LogP contribution in [0.25, 0.3) is 0 Å². The standard InChI is InChI=1S/C16H19N3O/c1-20-16-7-6-13(10-14(16)11-18)12-19(9-8-17)15-4-2-3-5-15/h6-7,10,15H,2-5,9,12H2,1H3. The van der Waals surface area contributed by atoms with E-state index in [9.17, 15) is 0 Å². The second kappa shape index (κ2) is 6.93. The van der Waals surface area contributed by atoms with E-state index in [1.165, 1.54) is 25.7 Å². The number of methoxy groups -OCH3 is 1. The van der Waals surface area contributed by atoms with Crippen LogP contribution in [-0.4, -0.2) is 24.6 Å². The van der Waals surface area contributed by atoms with Gasteiger partial charge in [-0.1, -0.05) is 18.9 Å². The van der Waals surface area contributed by atoms with Crippen LogP contribution in [0.3, 0.4) is 0 Å². The van der Waals surface area contributed by atoms with E-state index in [2.05, 4.69) is 17.0 Å². The molecule has 0 spiro atoms. The first-order valence-corrected chi connectivity index (χ1v) is 6.96. The lowest BCUT2D eigenvalue weighted by Gasteiger charge is -2.26. The minimum Gasteiger partial charge on any atom is -0.495 e. The highest BCUT2D eigenvalue weighted by Crippen LogP contribution is 2.26. The summed E-state index contributed by atoms with van der Waals surface area (Å²) < 4.78 is 5.16. The van der Waals surface area contributed by atoms with Gasteiger partial charge in [0.2, 0.25) is 0 Å². The maximum absolute atomic E-state index is 9.13. The number of hydrogen-bond acceptors (Lipinski definition) is 4. The molecule has 0 amide bonds. The first kappa shape index (κ1) is 14.4. The SMILES string of the molecule is COc1ccc(CN(CC#N)C2CCCC2)cc1C#N. The first-order valence-electron chi connectivity index (χ1n) is 6.96. The van der Waals surface area contributed by atoms with E-state index < -0.39 is 0 Å². The third-order valence-electron chi connectivity index (χ3n) is 3.88. The van der Waals surface area contributed by atoms with E-state index in [0.717, 1.165) is 12.1 Å². The van der Waals surface area contributed by atoms with Gasteiger partial charge in [-0.05, 0) is 30.5 Å². The average Bonchev–Trinajstić information content (AvgIpc) is 3.00. The summed E-state index contributed by atoms with van der Waals surface area (Å²) in [6.45, 7) is 1.16. The largest absolute Gasteiger partial charge is 0.495 e. The van der Waals surface area contributed by atoms with E-state index in [-0.39, 0.29) is 0 Å². The summed E-state index contributed by atoms with van der Waals surface area (Å²) in [7, 11) is 1.57. The van der Waals surface area contributed by atoms with E-state index in [1.54, 1.807) is 7.11 Å². The predicted octanol–water partition coefficient (Wildman–Crippen LogP) is 2.84. The molecule has 4 heteroatoms. The van der Waals surface area contributed by atoms with E-state index >= 15 is 0 Å². The highest BCUT2D eigenvalue weighted by atomic mass is 16.5. The monoisotopic (exact) mass is 269 g/mol. The van der Waals surface area contributed by atoms with Crippen molar-refractivity contribution < 1.29 is 4.74 Å². The van der Waals surface area contributed by atoms with Crippen molar-refractivity contribution >= 4 is 0 Å². The molecular weight excluding hydrogens is 250 g/mol. The highest BCUT2D eigenvalue weighted by molar-refractivity contribution is 5.45. The van der Waals surface area contributed by atoms with Gasteiger partial charge in [-0.15, -0.1) is 0 Å². The Kier molecular flexibility index (Phi) is 4.98. The average molecular weight is 269 g/mol. The molecule has 1 aliphatic rings. The summed E-state index contributed by atoms with van der Waals surface area (Å²) in [5.41, 5.74) is 1.61. The van der Waals surface area contributed by atoms with E-state index in [1.807, 2.05) is 18.2 Å². The second-order valence-corrected chi connectivity index (χ2v) is 5.15. The fourth-order valence-corrected chi connectivity index (χ4v) is 2.85. The Balaban J connectivity index is 2.14. The lowest BCUT2D eigenvalue weighted by atomic mass is 10.1. The Morgan fingerprint density at radius 2 is 2.05 bits per heavy atom. The van der Waals surface area contributed by atoms with Crippen LogP contribution in [0.2, 0.25) is 0 Å². The normalized spacial score (nSPS) is 15.0. The molecule has 1 aromatic carbocycles. The summed E-state index contributed by atoms with van der Waals surface area (Å²) in [5, 5.41) is 18.1. The van der Waals surface area contributed by atoms with Crippen LogP contribution >= 0.6 is 0 Å². The Bertz CT molecular complexity index is 536. The van der Waals surface area contributed by atoms with Gasteiger partial charge < -0.3 is 4.74 Å². The van der Waals surface area contributed by atoms with Crippen molar-refractivity contribution in [3.05, 3.63) is 29.3 Å². The van der Waals surface area contributed by atoms with Crippen molar-refractivity contribution in [3.63, 3.8) is 0 Å². The molecule has 0 aromatic heterocycles. The van der Waals surface area contributed by atoms with Gasteiger partial charge in [-0.2, -0.15) is 10.5 Å². The molecule has 0 aliphatic heterocycles. The van der Waals surface area contributed by atoms with Crippen LogP contribution in [0.5, 0.6) is 5.75 Å². The van der Waals surface area contributed by atoms with Crippen LogP contribution in [0, 0.1) is 22.7 Å². The van der Waals surface area contributed by atoms with Gasteiger partial charge in [0.15, 0.2) is 0 Å². The van der Waals surface area contributed by atoms with Gasteiger partial charge in [-0.25, -0.2) is 0 Å². The topological polar surface area (TPSA) is 60.0 Å². The zero-order valence-corrected chi connectivity index (χ0v) is 11.8. The van der Waals surface area contributed by atoms with Gasteiger partial charge in [-0.3, -0.25) is 4.90 Å². The Labute approximate surface area is 120 Å². The fourth-order valence-electron chi connectivity index (χ4n) is 2.85. The molecule has 0 radical (unpaired) electrons. The zero-order valence-electron chi connectivity index (χ0n) is 11.8. The number of benzene rings is 1. The summed E-state index contributed by atoms with van der Waals surface area (Å²) in [4.78, 5) is 2.22. The molecule has 4 nitrogen and oxygen atoms in total. The number of ether oxygens (including phenoxy) is 1. The molecule has 0 atom stereocenters. The van der Waals surface area contributed by atoms with Crippen molar-refractivity contribution in [2.75, 3.05) is 13.7 Å². The molecule has 1 aromatic rings. The molecule has 1 aliphatic carbocycles. The molecule has 0 unspecified atom stereocenters. The molecule has 0 heterocycles. The van der Waals surface area contributed by atoms with Crippen LogP contribution in [-0.2, 0) is 6.54 Å². The number of rotatable bonds is 5.